The summed E-state index contributed by atoms with van der Waals surface area (Å²) in [5.41, 5.74) is 3.39. The van der Waals surface area contributed by atoms with Gasteiger partial charge in [0.05, 0.1) is 30.3 Å². The number of carbonyl (C=O) groups excluding carboxylic acids is 2. The van der Waals surface area contributed by atoms with E-state index < -0.39 is 5.60 Å². The molecule has 0 spiro atoms. The van der Waals surface area contributed by atoms with Gasteiger partial charge in [-0.2, -0.15) is 0 Å². The Morgan fingerprint density at radius 1 is 1.09 bits per heavy atom. The monoisotopic (exact) mass is 597 g/mol. The Kier molecular flexibility index (Phi) is 8.16. The van der Waals surface area contributed by atoms with Gasteiger partial charge in [0.25, 0.3) is 5.91 Å². The molecule has 3 heterocycles. The number of aromatic nitrogens is 2. The zero-order valence-electron chi connectivity index (χ0n) is 25.3. The first-order chi connectivity index (χ1) is 21.5. The molecule has 4 aliphatic rings. The summed E-state index contributed by atoms with van der Waals surface area (Å²) in [6.07, 6.45) is 10.7. The molecule has 2 saturated carbocycles. The largest absolute Gasteiger partial charge is 0.494 e. The lowest BCUT2D eigenvalue weighted by Gasteiger charge is -2.42. The van der Waals surface area contributed by atoms with Crippen molar-refractivity contribution in [2.75, 3.05) is 31.6 Å². The normalized spacial score (nSPS) is 25.3. The number of aryl methyl sites for hydroxylation is 1. The second-order valence-electron chi connectivity index (χ2n) is 13.1. The standard InChI is InChI=1S/C35H43N5O4/c41-31-14-11-26-20-28(12-13-29(26)38-31)44-19-15-27-22-36-17-18-39(27)34(42)32-33(25-6-2-1-3-7-25)40(23-37-32)30-8-4-5-16-35(30,43)21-24-9-10-24/h1-3,6-7,12-13,20,23-24,27,30,36,43H,4-5,8-11,14-19,21-22H2,(H,38,41)/t27-,30-,35-/m1/s1. The number of hydrogen-bond donors (Lipinski definition) is 3. The summed E-state index contributed by atoms with van der Waals surface area (Å²) in [5.74, 6) is 1.36. The molecule has 2 aliphatic carbocycles. The van der Waals surface area contributed by atoms with E-state index in [2.05, 4.69) is 15.2 Å². The van der Waals surface area contributed by atoms with Gasteiger partial charge in [-0.25, -0.2) is 4.98 Å². The van der Waals surface area contributed by atoms with Crippen LogP contribution in [0, 0.1) is 5.92 Å². The number of ether oxygens (including phenoxy) is 1. The number of rotatable bonds is 9. The molecule has 3 fully saturated rings. The number of anilines is 1. The van der Waals surface area contributed by atoms with E-state index in [1.54, 1.807) is 0 Å². The van der Waals surface area contributed by atoms with Crippen molar-refractivity contribution in [2.45, 2.75) is 81.9 Å². The maximum Gasteiger partial charge on any atom is 0.275 e. The Morgan fingerprint density at radius 3 is 2.80 bits per heavy atom. The first-order valence-corrected chi connectivity index (χ1v) is 16.4. The Balaban J connectivity index is 1.11. The zero-order chi connectivity index (χ0) is 30.1. The molecule has 9 nitrogen and oxygen atoms in total. The van der Waals surface area contributed by atoms with E-state index in [1.807, 2.05) is 59.8 Å². The average Bonchev–Trinajstić information content (AvgIpc) is 3.74. The van der Waals surface area contributed by atoms with Crippen LogP contribution in [-0.4, -0.2) is 69.3 Å². The van der Waals surface area contributed by atoms with Gasteiger partial charge in [0.2, 0.25) is 5.91 Å². The molecule has 1 aromatic heterocycles. The second-order valence-corrected chi connectivity index (χ2v) is 13.1. The molecule has 0 bridgehead atoms. The summed E-state index contributed by atoms with van der Waals surface area (Å²) in [5, 5.41) is 18.4. The predicted molar refractivity (Wildman–Crippen MR) is 169 cm³/mol. The maximum absolute atomic E-state index is 14.4. The second kappa shape index (κ2) is 12.4. The van der Waals surface area contributed by atoms with Crippen molar-refractivity contribution in [3.05, 3.63) is 66.1 Å². The van der Waals surface area contributed by atoms with Crippen LogP contribution in [0.15, 0.2) is 54.9 Å². The topological polar surface area (TPSA) is 109 Å². The van der Waals surface area contributed by atoms with Crippen molar-refractivity contribution in [3.8, 4) is 17.0 Å². The van der Waals surface area contributed by atoms with Gasteiger partial charge in [0, 0.05) is 49.8 Å². The minimum absolute atomic E-state index is 0.0385. The van der Waals surface area contributed by atoms with Gasteiger partial charge in [-0.3, -0.25) is 9.59 Å². The fourth-order valence-electron chi connectivity index (χ4n) is 7.48. The van der Waals surface area contributed by atoms with Gasteiger partial charge in [0.1, 0.15) is 5.75 Å². The zero-order valence-corrected chi connectivity index (χ0v) is 25.3. The van der Waals surface area contributed by atoms with Crippen LogP contribution in [0.2, 0.25) is 0 Å². The SMILES string of the molecule is O=C1CCc2cc(OCC[C@@H]3CNCCN3C(=O)c3ncn([C@@H]4CCCC[C@@]4(O)CC4CC4)c3-c3ccccc3)ccc2N1. The van der Waals surface area contributed by atoms with Crippen LogP contribution in [0.1, 0.15) is 79.9 Å². The van der Waals surface area contributed by atoms with E-state index in [0.29, 0.717) is 50.6 Å². The summed E-state index contributed by atoms with van der Waals surface area (Å²) in [4.78, 5) is 32.8. The number of nitrogens with one attached hydrogen (secondary N) is 2. The number of hydrogen-bond acceptors (Lipinski definition) is 6. The van der Waals surface area contributed by atoms with Gasteiger partial charge < -0.3 is 29.9 Å². The number of carbonyl (C=O) groups is 2. The van der Waals surface area contributed by atoms with Crippen LogP contribution >= 0.6 is 0 Å². The highest BCUT2D eigenvalue weighted by atomic mass is 16.5. The fraction of sp³-hybridized carbons (Fsp3) is 0.514. The van der Waals surface area contributed by atoms with Gasteiger partial charge in [-0.15, -0.1) is 0 Å². The lowest BCUT2D eigenvalue weighted by Crippen LogP contribution is -2.54. The van der Waals surface area contributed by atoms with E-state index in [9.17, 15) is 14.7 Å². The molecule has 3 atom stereocenters. The van der Waals surface area contributed by atoms with E-state index in [1.165, 1.54) is 12.8 Å². The van der Waals surface area contributed by atoms with Crippen LogP contribution in [-0.2, 0) is 11.2 Å². The molecule has 0 radical (unpaired) electrons. The number of aliphatic hydroxyl groups is 1. The molecule has 3 aromatic rings. The quantitative estimate of drug-likeness (QED) is 0.322. The summed E-state index contributed by atoms with van der Waals surface area (Å²) in [6, 6.07) is 15.7. The molecule has 2 amide bonds. The third-order valence-corrected chi connectivity index (χ3v) is 9.98. The Hall–Kier alpha value is -3.69. The molecular weight excluding hydrogens is 554 g/mol. The lowest BCUT2D eigenvalue weighted by atomic mass is 9.76. The summed E-state index contributed by atoms with van der Waals surface area (Å²) in [6.45, 7) is 2.48. The minimum Gasteiger partial charge on any atom is -0.494 e. The summed E-state index contributed by atoms with van der Waals surface area (Å²) >= 11 is 0. The number of imidazole rings is 1. The number of nitrogens with zero attached hydrogens (tertiary/aromatic N) is 3. The third-order valence-electron chi connectivity index (χ3n) is 9.98. The Labute approximate surface area is 259 Å². The van der Waals surface area contributed by atoms with Crippen molar-refractivity contribution >= 4 is 17.5 Å². The van der Waals surface area contributed by atoms with Crippen molar-refractivity contribution in [1.82, 2.24) is 19.8 Å². The van der Waals surface area contributed by atoms with E-state index in [4.69, 9.17) is 9.72 Å². The number of fused-ring (bicyclic) bond motifs is 1. The molecule has 3 N–H and O–H groups in total. The molecule has 9 heteroatoms. The van der Waals surface area contributed by atoms with E-state index in [0.717, 1.165) is 66.9 Å². The Bertz CT molecular complexity index is 1500. The molecule has 2 aromatic carbocycles. The number of benzene rings is 2. The summed E-state index contributed by atoms with van der Waals surface area (Å²) < 4.78 is 8.27. The smallest absolute Gasteiger partial charge is 0.275 e. The number of piperazine rings is 1. The highest BCUT2D eigenvalue weighted by Crippen LogP contribution is 2.48. The molecule has 44 heavy (non-hydrogen) atoms. The molecule has 232 valence electrons. The van der Waals surface area contributed by atoms with E-state index >= 15 is 0 Å². The highest BCUT2D eigenvalue weighted by molar-refractivity contribution is 5.98. The van der Waals surface area contributed by atoms with E-state index in [-0.39, 0.29) is 23.9 Å². The van der Waals surface area contributed by atoms with Crippen LogP contribution in [0.5, 0.6) is 5.75 Å². The van der Waals surface area contributed by atoms with Gasteiger partial charge in [-0.1, -0.05) is 56.0 Å². The first kappa shape index (κ1) is 29.0. The van der Waals surface area contributed by atoms with Gasteiger partial charge in [0.15, 0.2) is 5.69 Å². The number of amides is 2. The van der Waals surface area contributed by atoms with Crippen LogP contribution in [0.4, 0.5) is 5.69 Å². The van der Waals surface area contributed by atoms with Crippen molar-refractivity contribution < 1.29 is 19.4 Å². The van der Waals surface area contributed by atoms with Crippen LogP contribution in [0.3, 0.4) is 0 Å². The van der Waals surface area contributed by atoms with Crippen molar-refractivity contribution in [1.29, 1.82) is 0 Å². The summed E-state index contributed by atoms with van der Waals surface area (Å²) in [7, 11) is 0. The first-order valence-electron chi connectivity index (χ1n) is 16.4. The molecular formula is C35H43N5O4. The van der Waals surface area contributed by atoms with Crippen LogP contribution in [0.25, 0.3) is 11.3 Å². The maximum atomic E-state index is 14.4. The van der Waals surface area contributed by atoms with Gasteiger partial charge in [-0.05, 0) is 55.4 Å². The minimum atomic E-state index is -0.777. The Morgan fingerprint density at radius 2 is 1.95 bits per heavy atom. The fourth-order valence-corrected chi connectivity index (χ4v) is 7.48. The highest BCUT2D eigenvalue weighted by Gasteiger charge is 2.45. The predicted octanol–water partition coefficient (Wildman–Crippen LogP) is 4.96. The van der Waals surface area contributed by atoms with Crippen LogP contribution < -0.4 is 15.4 Å². The van der Waals surface area contributed by atoms with Crippen molar-refractivity contribution in [3.63, 3.8) is 0 Å². The molecule has 2 aliphatic heterocycles. The molecule has 1 saturated heterocycles. The lowest BCUT2D eigenvalue weighted by molar-refractivity contribution is -0.116. The third kappa shape index (κ3) is 6.00. The molecule has 0 unspecified atom stereocenters. The van der Waals surface area contributed by atoms with Gasteiger partial charge >= 0.3 is 0 Å². The average molecular weight is 598 g/mol. The molecule has 7 rings (SSSR count). The van der Waals surface area contributed by atoms with Crippen molar-refractivity contribution in [2.24, 2.45) is 5.92 Å².